The number of hydrogen-bond donors (Lipinski definition) is 5. The SMILES string of the molecule is CC(C)(CO)C(O)C(=O)NCCOP(=O)(O)O. The lowest BCUT2D eigenvalue weighted by molar-refractivity contribution is -0.137. The molecule has 102 valence electrons. The van der Waals surface area contributed by atoms with Crippen LogP contribution in [0.4, 0.5) is 0 Å². The second-order valence-corrected chi connectivity index (χ2v) is 5.40. The summed E-state index contributed by atoms with van der Waals surface area (Å²) < 4.78 is 14.4. The van der Waals surface area contributed by atoms with Crippen LogP contribution in [-0.4, -0.2) is 51.8 Å². The van der Waals surface area contributed by atoms with E-state index in [0.29, 0.717) is 0 Å². The van der Waals surface area contributed by atoms with Gasteiger partial charge in [-0.15, -0.1) is 0 Å². The van der Waals surface area contributed by atoms with Gasteiger partial charge in [0, 0.05) is 12.0 Å². The fourth-order valence-corrected chi connectivity index (χ4v) is 1.21. The first-order chi connectivity index (χ1) is 7.60. The first-order valence-corrected chi connectivity index (χ1v) is 6.40. The molecule has 1 atom stereocenters. The monoisotopic (exact) mass is 271 g/mol. The van der Waals surface area contributed by atoms with Crippen LogP contribution in [-0.2, 0) is 13.9 Å². The van der Waals surface area contributed by atoms with Crippen LogP contribution in [0.25, 0.3) is 0 Å². The summed E-state index contributed by atoms with van der Waals surface area (Å²) in [6, 6.07) is 0. The van der Waals surface area contributed by atoms with Crippen molar-refractivity contribution < 1.29 is 33.9 Å². The molecule has 9 heteroatoms. The molecule has 0 saturated heterocycles. The predicted octanol–water partition coefficient (Wildman–Crippen LogP) is -1.41. The Morgan fingerprint density at radius 2 is 2.00 bits per heavy atom. The van der Waals surface area contributed by atoms with Crippen LogP contribution in [0.5, 0.6) is 0 Å². The van der Waals surface area contributed by atoms with Crippen molar-refractivity contribution in [1.29, 1.82) is 0 Å². The maximum atomic E-state index is 11.4. The van der Waals surface area contributed by atoms with Crippen molar-refractivity contribution in [3.05, 3.63) is 0 Å². The van der Waals surface area contributed by atoms with Gasteiger partial charge in [-0.05, 0) is 0 Å². The lowest BCUT2D eigenvalue weighted by atomic mass is 9.87. The third kappa shape index (κ3) is 6.72. The fourth-order valence-electron chi connectivity index (χ4n) is 0.877. The van der Waals surface area contributed by atoms with E-state index in [9.17, 15) is 14.5 Å². The zero-order valence-corrected chi connectivity index (χ0v) is 10.6. The van der Waals surface area contributed by atoms with Crippen molar-refractivity contribution >= 4 is 13.7 Å². The number of hydrogen-bond acceptors (Lipinski definition) is 5. The van der Waals surface area contributed by atoms with Crippen molar-refractivity contribution in [1.82, 2.24) is 5.32 Å². The molecule has 0 aromatic rings. The summed E-state index contributed by atoms with van der Waals surface area (Å²) in [7, 11) is -4.54. The predicted molar refractivity (Wildman–Crippen MR) is 57.9 cm³/mol. The molecule has 0 spiro atoms. The molecule has 5 N–H and O–H groups in total. The van der Waals surface area contributed by atoms with Crippen molar-refractivity contribution in [2.24, 2.45) is 5.41 Å². The van der Waals surface area contributed by atoms with Gasteiger partial charge in [-0.2, -0.15) is 0 Å². The Morgan fingerprint density at radius 3 is 2.41 bits per heavy atom. The van der Waals surface area contributed by atoms with Gasteiger partial charge in [0.05, 0.1) is 13.2 Å². The molecule has 0 bridgehead atoms. The molecule has 0 saturated carbocycles. The van der Waals surface area contributed by atoms with E-state index in [1.165, 1.54) is 13.8 Å². The van der Waals surface area contributed by atoms with E-state index in [0.717, 1.165) is 0 Å². The molecule has 0 aromatic carbocycles. The summed E-state index contributed by atoms with van der Waals surface area (Å²) in [6.07, 6.45) is -1.41. The van der Waals surface area contributed by atoms with E-state index in [-0.39, 0.29) is 19.8 Å². The number of phosphoric acid groups is 1. The second-order valence-electron chi connectivity index (χ2n) is 4.16. The zero-order valence-electron chi connectivity index (χ0n) is 9.66. The van der Waals surface area contributed by atoms with Crippen molar-refractivity contribution in [3.8, 4) is 0 Å². The van der Waals surface area contributed by atoms with Gasteiger partial charge in [-0.1, -0.05) is 13.8 Å². The largest absolute Gasteiger partial charge is 0.469 e. The van der Waals surface area contributed by atoms with E-state index < -0.39 is 25.2 Å². The van der Waals surface area contributed by atoms with Gasteiger partial charge in [0.1, 0.15) is 6.10 Å². The van der Waals surface area contributed by atoms with E-state index >= 15 is 0 Å². The van der Waals surface area contributed by atoms with E-state index in [1.54, 1.807) is 0 Å². The van der Waals surface area contributed by atoms with E-state index in [1.807, 2.05) is 0 Å². The highest BCUT2D eigenvalue weighted by Crippen LogP contribution is 2.35. The molecule has 0 radical (unpaired) electrons. The summed E-state index contributed by atoms with van der Waals surface area (Å²) in [4.78, 5) is 28.1. The number of amides is 1. The topological polar surface area (TPSA) is 136 Å². The smallest absolute Gasteiger partial charge is 0.396 e. The van der Waals surface area contributed by atoms with Gasteiger partial charge in [-0.3, -0.25) is 9.32 Å². The molecule has 0 aromatic heterocycles. The molecule has 0 rings (SSSR count). The quantitative estimate of drug-likeness (QED) is 0.283. The van der Waals surface area contributed by atoms with Gasteiger partial charge in [0.25, 0.3) is 0 Å². The Bertz CT molecular complexity index is 300. The number of carbonyl (C=O) groups is 1. The van der Waals surface area contributed by atoms with Gasteiger partial charge in [0.15, 0.2) is 0 Å². The maximum absolute atomic E-state index is 11.4. The summed E-state index contributed by atoms with van der Waals surface area (Å²) in [6.45, 7) is 2.11. The molecular weight excluding hydrogens is 253 g/mol. The molecule has 0 aliphatic carbocycles. The molecule has 0 aliphatic heterocycles. The first kappa shape index (κ1) is 16.5. The Labute approximate surface area is 98.8 Å². The third-order valence-electron chi connectivity index (χ3n) is 2.06. The van der Waals surface area contributed by atoms with Crippen LogP contribution in [0.2, 0.25) is 0 Å². The molecule has 17 heavy (non-hydrogen) atoms. The zero-order chi connectivity index (χ0) is 13.7. The minimum Gasteiger partial charge on any atom is -0.396 e. The molecule has 0 heterocycles. The number of carbonyl (C=O) groups excluding carboxylic acids is 1. The van der Waals surface area contributed by atoms with Gasteiger partial charge in [0.2, 0.25) is 5.91 Å². The minimum absolute atomic E-state index is 0.150. The maximum Gasteiger partial charge on any atom is 0.469 e. The lowest BCUT2D eigenvalue weighted by Crippen LogP contribution is -2.46. The van der Waals surface area contributed by atoms with Crippen LogP contribution in [0, 0.1) is 5.41 Å². The highest BCUT2D eigenvalue weighted by Gasteiger charge is 2.32. The number of rotatable bonds is 7. The highest BCUT2D eigenvalue weighted by atomic mass is 31.2. The summed E-state index contributed by atoms with van der Waals surface area (Å²) in [5, 5.41) is 20.7. The lowest BCUT2D eigenvalue weighted by Gasteiger charge is -2.27. The molecule has 0 aliphatic rings. The molecular formula is C8H18NO7P. The average molecular weight is 271 g/mol. The number of nitrogens with one attached hydrogen (secondary N) is 1. The standard InChI is InChI=1S/C8H18NO7P/c1-8(2,5-10)6(11)7(12)9-3-4-16-17(13,14)15/h6,10-11H,3-5H2,1-2H3,(H,9,12)(H2,13,14,15). The summed E-state index contributed by atoms with van der Waals surface area (Å²) in [5.74, 6) is -0.738. The Balaban J connectivity index is 3.99. The number of aliphatic hydroxyl groups excluding tert-OH is 2. The minimum atomic E-state index is -4.54. The van der Waals surface area contributed by atoms with Gasteiger partial charge >= 0.3 is 7.82 Å². The molecule has 1 amide bonds. The van der Waals surface area contributed by atoms with Crippen molar-refractivity contribution in [3.63, 3.8) is 0 Å². The average Bonchev–Trinajstić information content (AvgIpc) is 2.21. The van der Waals surface area contributed by atoms with E-state index in [2.05, 4.69) is 9.84 Å². The van der Waals surface area contributed by atoms with Crippen LogP contribution >= 0.6 is 7.82 Å². The van der Waals surface area contributed by atoms with E-state index in [4.69, 9.17) is 14.9 Å². The first-order valence-electron chi connectivity index (χ1n) is 4.87. The number of phosphoric ester groups is 1. The summed E-state index contributed by atoms with van der Waals surface area (Å²) >= 11 is 0. The van der Waals surface area contributed by atoms with Crippen LogP contribution < -0.4 is 5.32 Å². The number of aliphatic hydroxyl groups is 2. The van der Waals surface area contributed by atoms with Crippen molar-refractivity contribution in [2.75, 3.05) is 19.8 Å². The molecule has 1 unspecified atom stereocenters. The van der Waals surface area contributed by atoms with Gasteiger partial charge < -0.3 is 25.3 Å². The van der Waals surface area contributed by atoms with Crippen molar-refractivity contribution in [2.45, 2.75) is 20.0 Å². The third-order valence-corrected chi connectivity index (χ3v) is 2.58. The normalized spacial score (nSPS) is 14.5. The Kier molecular flexibility index (Phi) is 6.25. The Hall–Kier alpha value is -0.500. The fraction of sp³-hybridized carbons (Fsp3) is 0.875. The highest BCUT2D eigenvalue weighted by molar-refractivity contribution is 7.46. The van der Waals surface area contributed by atoms with Gasteiger partial charge in [-0.25, -0.2) is 4.57 Å². The second kappa shape index (κ2) is 6.44. The Morgan fingerprint density at radius 1 is 1.47 bits per heavy atom. The van der Waals surface area contributed by atoms with Crippen LogP contribution in [0.3, 0.4) is 0 Å². The van der Waals surface area contributed by atoms with Crippen LogP contribution in [0.1, 0.15) is 13.8 Å². The molecule has 0 fully saturated rings. The van der Waals surface area contributed by atoms with Crippen LogP contribution in [0.15, 0.2) is 0 Å². The molecule has 8 nitrogen and oxygen atoms in total. The summed E-state index contributed by atoms with van der Waals surface area (Å²) in [5.41, 5.74) is -0.992.